The van der Waals surface area contributed by atoms with E-state index in [0.717, 1.165) is 16.0 Å². The Morgan fingerprint density at radius 2 is 1.69 bits per heavy atom. The van der Waals surface area contributed by atoms with Crippen molar-refractivity contribution in [1.82, 2.24) is 4.90 Å². The molecule has 148 valence electrons. The summed E-state index contributed by atoms with van der Waals surface area (Å²) in [6, 6.07) is 9.71. The van der Waals surface area contributed by atoms with Crippen LogP contribution in [-0.4, -0.2) is 41.7 Å². The first kappa shape index (κ1) is 20.0. The molecule has 7 nitrogen and oxygen atoms in total. The number of benzene rings is 2. The van der Waals surface area contributed by atoms with E-state index in [4.69, 9.17) is 4.74 Å². The highest BCUT2D eigenvalue weighted by atomic mass is 16.5. The monoisotopic (exact) mass is 392 g/mol. The number of hydrogen-bond acceptors (Lipinski definition) is 5. The molecule has 0 saturated carbocycles. The maximum absolute atomic E-state index is 12.3. The van der Waals surface area contributed by atoms with Crippen LogP contribution in [0.5, 0.6) is 0 Å². The number of carbonyl (C=O) groups excluding carboxylic acids is 4. The van der Waals surface area contributed by atoms with Gasteiger partial charge in [0.15, 0.2) is 6.61 Å². The fourth-order valence-corrected chi connectivity index (χ4v) is 3.17. The predicted molar refractivity (Wildman–Crippen MR) is 107 cm³/mol. The minimum atomic E-state index is -0.759. The number of fused-ring (bicyclic) bond motifs is 1. The number of esters is 1. The smallest absolute Gasteiger partial charge is 0.338 e. The van der Waals surface area contributed by atoms with Crippen molar-refractivity contribution < 1.29 is 23.9 Å². The van der Waals surface area contributed by atoms with Crippen LogP contribution in [0.1, 0.15) is 42.2 Å². The Morgan fingerprint density at radius 3 is 2.34 bits per heavy atom. The van der Waals surface area contributed by atoms with Crippen LogP contribution in [0.3, 0.4) is 0 Å². The molecule has 0 atom stereocenters. The first-order valence-corrected chi connectivity index (χ1v) is 8.96. The molecule has 1 heterocycles. The highest BCUT2D eigenvalue weighted by molar-refractivity contribution is 6.22. The van der Waals surface area contributed by atoms with Gasteiger partial charge in [0.05, 0.1) is 16.7 Å². The average molecular weight is 392 g/mol. The molecule has 1 aliphatic heterocycles. The Morgan fingerprint density at radius 1 is 1.03 bits per heavy atom. The van der Waals surface area contributed by atoms with E-state index in [1.54, 1.807) is 0 Å². The van der Waals surface area contributed by atoms with Gasteiger partial charge in [-0.2, -0.15) is 0 Å². The zero-order valence-corrected chi connectivity index (χ0v) is 16.2. The molecule has 3 rings (SSSR count). The lowest BCUT2D eigenvalue weighted by Crippen LogP contribution is -2.29. The second-order valence-corrected chi connectivity index (χ2v) is 6.77. The first-order chi connectivity index (χ1) is 13.8. The minimum Gasteiger partial charge on any atom is -0.452 e. The van der Waals surface area contributed by atoms with Crippen LogP contribution in [-0.2, 0) is 9.53 Å². The Labute approximate surface area is 168 Å². The Bertz CT molecular complexity index is 1020. The lowest BCUT2D eigenvalue weighted by molar-refractivity contribution is -0.119. The van der Waals surface area contributed by atoms with Gasteiger partial charge in [0.1, 0.15) is 0 Å². The normalized spacial score (nSPS) is 12.6. The SMILES string of the molecule is C=CCN1C(=O)c2ccc(C(=O)OCC(=O)Nc3cc(C)cc(C)c3)cc2C1=O. The molecule has 1 aliphatic rings. The van der Waals surface area contributed by atoms with E-state index < -0.39 is 30.3 Å². The number of nitrogens with zero attached hydrogens (tertiary/aromatic N) is 1. The zero-order chi connectivity index (χ0) is 21.1. The summed E-state index contributed by atoms with van der Waals surface area (Å²) in [6.45, 7) is 6.97. The largest absolute Gasteiger partial charge is 0.452 e. The number of aryl methyl sites for hydroxylation is 2. The van der Waals surface area contributed by atoms with Crippen molar-refractivity contribution in [2.45, 2.75) is 13.8 Å². The molecule has 3 amide bonds. The molecule has 2 aromatic carbocycles. The van der Waals surface area contributed by atoms with E-state index in [9.17, 15) is 19.2 Å². The number of rotatable bonds is 6. The van der Waals surface area contributed by atoms with Gasteiger partial charge in [-0.05, 0) is 55.3 Å². The van der Waals surface area contributed by atoms with Crippen molar-refractivity contribution in [2.75, 3.05) is 18.5 Å². The molecule has 0 radical (unpaired) electrons. The Kier molecular flexibility index (Phi) is 5.59. The van der Waals surface area contributed by atoms with Crippen LogP contribution in [0.2, 0.25) is 0 Å². The van der Waals surface area contributed by atoms with Crippen molar-refractivity contribution in [3.05, 3.63) is 76.9 Å². The van der Waals surface area contributed by atoms with Crippen LogP contribution >= 0.6 is 0 Å². The van der Waals surface area contributed by atoms with E-state index in [-0.39, 0.29) is 23.2 Å². The summed E-state index contributed by atoms with van der Waals surface area (Å²) in [4.78, 5) is 49.9. The quantitative estimate of drug-likeness (QED) is 0.464. The molecule has 0 unspecified atom stereocenters. The van der Waals surface area contributed by atoms with Crippen molar-refractivity contribution in [3.8, 4) is 0 Å². The van der Waals surface area contributed by atoms with Gasteiger partial charge in [-0.1, -0.05) is 12.1 Å². The molecule has 1 N–H and O–H groups in total. The molecule has 29 heavy (non-hydrogen) atoms. The van der Waals surface area contributed by atoms with Gasteiger partial charge in [-0.3, -0.25) is 19.3 Å². The number of ether oxygens (including phenoxy) is 1. The molecular weight excluding hydrogens is 372 g/mol. The van der Waals surface area contributed by atoms with Gasteiger partial charge in [-0.15, -0.1) is 6.58 Å². The highest BCUT2D eigenvalue weighted by Crippen LogP contribution is 2.24. The molecule has 0 bridgehead atoms. The summed E-state index contributed by atoms with van der Waals surface area (Å²) in [5.74, 6) is -2.16. The van der Waals surface area contributed by atoms with E-state index in [2.05, 4.69) is 11.9 Å². The minimum absolute atomic E-state index is 0.0875. The zero-order valence-electron chi connectivity index (χ0n) is 16.2. The van der Waals surface area contributed by atoms with Crippen molar-refractivity contribution >= 4 is 29.4 Å². The van der Waals surface area contributed by atoms with Gasteiger partial charge < -0.3 is 10.1 Å². The van der Waals surface area contributed by atoms with Gasteiger partial charge in [-0.25, -0.2) is 4.79 Å². The molecule has 0 spiro atoms. The van der Waals surface area contributed by atoms with E-state index in [0.29, 0.717) is 5.69 Å². The van der Waals surface area contributed by atoms with Crippen molar-refractivity contribution in [1.29, 1.82) is 0 Å². The summed E-state index contributed by atoms with van der Waals surface area (Å²) in [6.07, 6.45) is 1.45. The molecule has 7 heteroatoms. The van der Waals surface area contributed by atoms with E-state index in [1.807, 2.05) is 32.0 Å². The summed E-state index contributed by atoms with van der Waals surface area (Å²) in [7, 11) is 0. The Balaban J connectivity index is 1.65. The Hall–Kier alpha value is -3.74. The second kappa shape index (κ2) is 8.10. The number of imide groups is 1. The molecule has 0 aliphatic carbocycles. The summed E-state index contributed by atoms with van der Waals surface area (Å²) in [5, 5.41) is 2.67. The van der Waals surface area contributed by atoms with Crippen LogP contribution in [0.25, 0.3) is 0 Å². The number of anilines is 1. The summed E-state index contributed by atoms with van der Waals surface area (Å²) in [5.41, 5.74) is 3.06. The molecule has 0 aromatic heterocycles. The fourth-order valence-electron chi connectivity index (χ4n) is 3.17. The number of amides is 3. The third-order valence-corrected chi connectivity index (χ3v) is 4.36. The standard InChI is InChI=1S/C22H20N2O5/c1-4-7-24-20(26)17-6-5-15(11-18(17)21(24)27)22(28)29-12-19(25)23-16-9-13(2)8-14(3)10-16/h4-6,8-11H,1,7,12H2,2-3H3,(H,23,25). The van der Waals surface area contributed by atoms with Gasteiger partial charge in [0.2, 0.25) is 0 Å². The molecule has 0 fully saturated rings. The number of hydrogen-bond donors (Lipinski definition) is 1. The maximum Gasteiger partial charge on any atom is 0.338 e. The van der Waals surface area contributed by atoms with Gasteiger partial charge in [0, 0.05) is 12.2 Å². The summed E-state index contributed by atoms with van der Waals surface area (Å²) >= 11 is 0. The third-order valence-electron chi connectivity index (χ3n) is 4.36. The number of carbonyl (C=O) groups is 4. The van der Waals surface area contributed by atoms with E-state index >= 15 is 0 Å². The lowest BCUT2D eigenvalue weighted by atomic mass is 10.1. The lowest BCUT2D eigenvalue weighted by Gasteiger charge is -2.09. The van der Waals surface area contributed by atoms with Gasteiger partial charge >= 0.3 is 5.97 Å². The molecule has 0 saturated heterocycles. The molecule has 2 aromatic rings. The fraction of sp³-hybridized carbons (Fsp3) is 0.182. The van der Waals surface area contributed by atoms with Crippen LogP contribution in [0, 0.1) is 13.8 Å². The topological polar surface area (TPSA) is 92.8 Å². The van der Waals surface area contributed by atoms with Crippen molar-refractivity contribution in [3.63, 3.8) is 0 Å². The van der Waals surface area contributed by atoms with Crippen LogP contribution < -0.4 is 5.32 Å². The van der Waals surface area contributed by atoms with Crippen LogP contribution in [0.4, 0.5) is 5.69 Å². The van der Waals surface area contributed by atoms with E-state index in [1.165, 1.54) is 24.3 Å². The third kappa shape index (κ3) is 4.24. The second-order valence-electron chi connectivity index (χ2n) is 6.77. The van der Waals surface area contributed by atoms with Crippen LogP contribution in [0.15, 0.2) is 49.1 Å². The molecular formula is C22H20N2O5. The predicted octanol–water partition coefficient (Wildman–Crippen LogP) is 2.88. The number of nitrogens with one attached hydrogen (secondary N) is 1. The maximum atomic E-state index is 12.3. The summed E-state index contributed by atoms with van der Waals surface area (Å²) < 4.78 is 5.04. The highest BCUT2D eigenvalue weighted by Gasteiger charge is 2.35. The van der Waals surface area contributed by atoms with Crippen molar-refractivity contribution in [2.24, 2.45) is 0 Å². The first-order valence-electron chi connectivity index (χ1n) is 8.96. The average Bonchev–Trinajstić information content (AvgIpc) is 2.90. The van der Waals surface area contributed by atoms with Gasteiger partial charge in [0.25, 0.3) is 17.7 Å².